The second kappa shape index (κ2) is 5.97. The summed E-state index contributed by atoms with van der Waals surface area (Å²) in [6.07, 6.45) is 2.00. The molecule has 0 saturated carbocycles. The minimum absolute atomic E-state index is 0.180. The van der Waals surface area contributed by atoms with Crippen molar-refractivity contribution in [1.82, 2.24) is 5.32 Å². The quantitative estimate of drug-likeness (QED) is 0.672. The number of para-hydroxylation sites is 1. The van der Waals surface area contributed by atoms with Gasteiger partial charge in [0.25, 0.3) is 0 Å². The van der Waals surface area contributed by atoms with Gasteiger partial charge in [0.2, 0.25) is 5.82 Å². The molecule has 1 aliphatic heterocycles. The van der Waals surface area contributed by atoms with E-state index in [4.69, 9.17) is 0 Å². The van der Waals surface area contributed by atoms with Crippen molar-refractivity contribution in [3.8, 4) is 0 Å². The third-order valence-electron chi connectivity index (χ3n) is 3.51. The highest BCUT2D eigenvalue weighted by Gasteiger charge is 2.28. The molecule has 0 aromatic heterocycles. The number of piperidine rings is 1. The fraction of sp³-hybridized carbons (Fsp3) is 0.538. The van der Waals surface area contributed by atoms with Crippen molar-refractivity contribution < 1.29 is 9.31 Å². The Morgan fingerprint density at radius 2 is 2.37 bits per heavy atom. The van der Waals surface area contributed by atoms with Gasteiger partial charge in [-0.15, -0.1) is 0 Å². The Kier molecular flexibility index (Phi) is 4.31. The first-order valence-electron chi connectivity index (χ1n) is 6.55. The molecule has 1 fully saturated rings. The minimum atomic E-state index is -0.773. The second-order valence-corrected chi connectivity index (χ2v) is 4.65. The molecule has 0 bridgehead atoms. The van der Waals surface area contributed by atoms with Crippen LogP contribution in [0.4, 0.5) is 15.8 Å². The Balaban J connectivity index is 2.37. The highest BCUT2D eigenvalue weighted by molar-refractivity contribution is 5.64. The molecule has 1 saturated heterocycles. The van der Waals surface area contributed by atoms with Crippen LogP contribution >= 0.6 is 0 Å². The third kappa shape index (κ3) is 2.84. The molecule has 1 atom stereocenters. The van der Waals surface area contributed by atoms with E-state index in [1.54, 1.807) is 6.07 Å². The number of nitro groups is 1. The van der Waals surface area contributed by atoms with Crippen LogP contribution in [0.3, 0.4) is 0 Å². The number of anilines is 1. The standard InChI is InChI=1S/C13H18FN3O2/c1-2-16(10-5-4-8-15-9-10)12-7-3-6-11(14)13(12)17(18)19/h3,6-7,10,15H,2,4-5,8-9H2,1H3. The topological polar surface area (TPSA) is 58.4 Å². The van der Waals surface area contributed by atoms with Gasteiger partial charge in [-0.25, -0.2) is 0 Å². The number of benzene rings is 1. The van der Waals surface area contributed by atoms with Gasteiger partial charge >= 0.3 is 5.69 Å². The molecule has 0 radical (unpaired) electrons. The molecular formula is C13H18FN3O2. The zero-order valence-electron chi connectivity index (χ0n) is 10.9. The number of likely N-dealkylation sites (N-methyl/N-ethyl adjacent to an activating group) is 1. The SMILES string of the molecule is CCN(c1cccc(F)c1[N+](=O)[O-])C1CCCNC1. The van der Waals surface area contributed by atoms with E-state index in [0.717, 1.165) is 32.0 Å². The lowest BCUT2D eigenvalue weighted by Crippen LogP contribution is -2.46. The van der Waals surface area contributed by atoms with Gasteiger partial charge in [-0.1, -0.05) is 6.07 Å². The zero-order chi connectivity index (χ0) is 13.8. The van der Waals surface area contributed by atoms with Crippen LogP contribution in [0.1, 0.15) is 19.8 Å². The number of halogens is 1. The molecule has 0 aliphatic carbocycles. The van der Waals surface area contributed by atoms with Gasteiger partial charge in [-0.3, -0.25) is 10.1 Å². The van der Waals surface area contributed by atoms with Gasteiger partial charge in [0.15, 0.2) is 0 Å². The Morgan fingerprint density at radius 1 is 1.58 bits per heavy atom. The van der Waals surface area contributed by atoms with E-state index in [0.29, 0.717) is 12.2 Å². The Bertz CT molecular complexity index is 461. The summed E-state index contributed by atoms with van der Waals surface area (Å²) >= 11 is 0. The number of nitrogens with zero attached hydrogens (tertiary/aromatic N) is 2. The molecular weight excluding hydrogens is 249 g/mol. The summed E-state index contributed by atoms with van der Waals surface area (Å²) in [5.41, 5.74) is -0.0453. The predicted molar refractivity (Wildman–Crippen MR) is 72.0 cm³/mol. The van der Waals surface area contributed by atoms with Crippen LogP contribution in [-0.4, -0.2) is 30.6 Å². The molecule has 19 heavy (non-hydrogen) atoms. The second-order valence-electron chi connectivity index (χ2n) is 4.65. The summed E-state index contributed by atoms with van der Waals surface area (Å²) in [7, 11) is 0. The number of nitrogens with one attached hydrogen (secondary N) is 1. The van der Waals surface area contributed by atoms with Crippen LogP contribution in [-0.2, 0) is 0 Å². The molecule has 104 valence electrons. The molecule has 2 rings (SSSR count). The largest absolute Gasteiger partial charge is 0.362 e. The first kappa shape index (κ1) is 13.7. The zero-order valence-corrected chi connectivity index (χ0v) is 10.9. The van der Waals surface area contributed by atoms with Crippen molar-refractivity contribution >= 4 is 11.4 Å². The summed E-state index contributed by atoms with van der Waals surface area (Å²) in [6, 6.07) is 4.46. The van der Waals surface area contributed by atoms with Gasteiger partial charge in [-0.05, 0) is 38.4 Å². The highest BCUT2D eigenvalue weighted by Crippen LogP contribution is 2.32. The lowest BCUT2D eigenvalue weighted by atomic mass is 10.0. The van der Waals surface area contributed by atoms with Crippen LogP contribution in [0.15, 0.2) is 18.2 Å². The molecule has 5 nitrogen and oxygen atoms in total. The predicted octanol–water partition coefficient (Wildman–Crippen LogP) is 2.31. The van der Waals surface area contributed by atoms with Crippen LogP contribution in [0, 0.1) is 15.9 Å². The van der Waals surface area contributed by atoms with E-state index in [1.807, 2.05) is 11.8 Å². The first-order valence-corrected chi connectivity index (χ1v) is 6.55. The molecule has 1 aliphatic rings. The van der Waals surface area contributed by atoms with E-state index in [9.17, 15) is 14.5 Å². The van der Waals surface area contributed by atoms with Crippen LogP contribution < -0.4 is 10.2 Å². The number of hydrogen-bond donors (Lipinski definition) is 1. The molecule has 1 N–H and O–H groups in total. The van der Waals surface area contributed by atoms with Crippen molar-refractivity contribution in [3.63, 3.8) is 0 Å². The van der Waals surface area contributed by atoms with Crippen LogP contribution in [0.5, 0.6) is 0 Å². The normalized spacial score (nSPS) is 19.2. The van der Waals surface area contributed by atoms with Gasteiger partial charge < -0.3 is 10.2 Å². The summed E-state index contributed by atoms with van der Waals surface area (Å²) < 4.78 is 13.7. The average Bonchev–Trinajstić information content (AvgIpc) is 2.40. The summed E-state index contributed by atoms with van der Waals surface area (Å²) in [5, 5.41) is 14.3. The Morgan fingerprint density at radius 3 is 2.95 bits per heavy atom. The number of nitro benzene ring substituents is 1. The molecule has 6 heteroatoms. The smallest absolute Gasteiger partial charge is 0.327 e. The highest BCUT2D eigenvalue weighted by atomic mass is 19.1. The average molecular weight is 267 g/mol. The Labute approximate surface area is 111 Å². The fourth-order valence-electron chi connectivity index (χ4n) is 2.64. The molecule has 0 spiro atoms. The third-order valence-corrected chi connectivity index (χ3v) is 3.51. The van der Waals surface area contributed by atoms with Crippen LogP contribution in [0.25, 0.3) is 0 Å². The summed E-state index contributed by atoms with van der Waals surface area (Å²) in [6.45, 7) is 4.31. The minimum Gasteiger partial charge on any atom is -0.362 e. The van der Waals surface area contributed by atoms with E-state index in [-0.39, 0.29) is 6.04 Å². The molecule has 1 unspecified atom stereocenters. The fourth-order valence-corrected chi connectivity index (χ4v) is 2.64. The van der Waals surface area contributed by atoms with Gasteiger partial charge in [0.05, 0.1) is 4.92 Å². The maximum atomic E-state index is 13.7. The van der Waals surface area contributed by atoms with Crippen LogP contribution in [0.2, 0.25) is 0 Å². The summed E-state index contributed by atoms with van der Waals surface area (Å²) in [5.74, 6) is -0.773. The molecule has 0 amide bonds. The molecule has 1 aromatic carbocycles. The van der Waals surface area contributed by atoms with E-state index in [2.05, 4.69) is 5.32 Å². The van der Waals surface area contributed by atoms with Gasteiger partial charge in [-0.2, -0.15) is 4.39 Å². The van der Waals surface area contributed by atoms with E-state index < -0.39 is 16.4 Å². The maximum absolute atomic E-state index is 13.7. The van der Waals surface area contributed by atoms with E-state index in [1.165, 1.54) is 6.07 Å². The van der Waals surface area contributed by atoms with Gasteiger partial charge in [0, 0.05) is 19.1 Å². The number of rotatable bonds is 4. The van der Waals surface area contributed by atoms with Gasteiger partial charge in [0.1, 0.15) is 5.69 Å². The monoisotopic (exact) mass is 267 g/mol. The van der Waals surface area contributed by atoms with E-state index >= 15 is 0 Å². The first-order chi connectivity index (χ1) is 9.15. The summed E-state index contributed by atoms with van der Waals surface area (Å²) in [4.78, 5) is 12.4. The van der Waals surface area contributed by atoms with Crippen molar-refractivity contribution in [2.45, 2.75) is 25.8 Å². The maximum Gasteiger partial charge on any atom is 0.327 e. The van der Waals surface area contributed by atoms with Crippen molar-refractivity contribution in [2.24, 2.45) is 0 Å². The molecule has 1 aromatic rings. The Hall–Kier alpha value is -1.69. The lowest BCUT2D eigenvalue weighted by molar-refractivity contribution is -0.386. The molecule has 1 heterocycles. The van der Waals surface area contributed by atoms with Crippen molar-refractivity contribution in [2.75, 3.05) is 24.5 Å². The van der Waals surface area contributed by atoms with Crippen molar-refractivity contribution in [3.05, 3.63) is 34.1 Å². The lowest BCUT2D eigenvalue weighted by Gasteiger charge is -2.35. The number of hydrogen-bond acceptors (Lipinski definition) is 4. The van der Waals surface area contributed by atoms with Crippen molar-refractivity contribution in [1.29, 1.82) is 0 Å².